The van der Waals surface area contributed by atoms with E-state index in [1.807, 2.05) is 72.3 Å². The number of anilines is 1. The molecule has 0 saturated heterocycles. The minimum absolute atomic E-state index is 0.0773. The molecule has 2 aromatic carbocycles. The third-order valence-corrected chi connectivity index (χ3v) is 7.82. The van der Waals surface area contributed by atoms with Crippen LogP contribution in [0.3, 0.4) is 0 Å². The van der Waals surface area contributed by atoms with Crippen LogP contribution >= 0.6 is 23.1 Å². The van der Waals surface area contributed by atoms with Gasteiger partial charge in [-0.15, -0.1) is 28.1 Å². The van der Waals surface area contributed by atoms with Crippen molar-refractivity contribution < 1.29 is 19.1 Å². The Morgan fingerprint density at radius 2 is 1.92 bits per heavy atom. The fourth-order valence-electron chi connectivity index (χ4n) is 3.85. The lowest BCUT2D eigenvalue weighted by Gasteiger charge is -2.12. The fourth-order valence-corrected chi connectivity index (χ4v) is 5.59. The highest BCUT2D eigenvalue weighted by Gasteiger charge is 2.23. The predicted molar refractivity (Wildman–Crippen MR) is 156 cm³/mol. The molecule has 8 nitrogen and oxygen atoms in total. The number of rotatable bonds is 12. The van der Waals surface area contributed by atoms with Crippen LogP contribution in [0.1, 0.15) is 34.2 Å². The SMILES string of the molecule is C=CCn1c(COc2cccc(C)c2C)nnc1SCC(=O)Nc1scc(-c2ccccc2)c1C(=O)OCC. The number of ether oxygens (including phenoxy) is 2. The third kappa shape index (κ3) is 6.76. The van der Waals surface area contributed by atoms with E-state index in [4.69, 9.17) is 9.47 Å². The zero-order valence-electron chi connectivity index (χ0n) is 22.1. The van der Waals surface area contributed by atoms with Crippen molar-refractivity contribution in [3.05, 3.63) is 89.1 Å². The molecule has 0 aliphatic heterocycles. The number of nitrogens with one attached hydrogen (secondary N) is 1. The van der Waals surface area contributed by atoms with Crippen molar-refractivity contribution in [2.24, 2.45) is 0 Å². The Morgan fingerprint density at radius 3 is 2.67 bits per heavy atom. The Labute approximate surface area is 236 Å². The van der Waals surface area contributed by atoms with Crippen molar-refractivity contribution in [3.63, 3.8) is 0 Å². The highest BCUT2D eigenvalue weighted by Crippen LogP contribution is 2.36. The number of benzene rings is 2. The number of aromatic nitrogens is 3. The van der Waals surface area contributed by atoms with Gasteiger partial charge < -0.3 is 14.8 Å². The van der Waals surface area contributed by atoms with E-state index in [0.29, 0.717) is 28.1 Å². The third-order valence-electron chi connectivity index (χ3n) is 5.96. The van der Waals surface area contributed by atoms with Gasteiger partial charge in [0.2, 0.25) is 5.91 Å². The molecule has 202 valence electrons. The van der Waals surface area contributed by atoms with Crippen LogP contribution in [0.5, 0.6) is 5.75 Å². The largest absolute Gasteiger partial charge is 0.485 e. The lowest BCUT2D eigenvalue weighted by atomic mass is 10.0. The number of carbonyl (C=O) groups is 2. The number of carbonyl (C=O) groups excluding carboxylic acids is 2. The quantitative estimate of drug-likeness (QED) is 0.123. The summed E-state index contributed by atoms with van der Waals surface area (Å²) in [5, 5.41) is 14.3. The molecule has 1 N–H and O–H groups in total. The van der Waals surface area contributed by atoms with Crippen molar-refractivity contribution in [1.29, 1.82) is 0 Å². The van der Waals surface area contributed by atoms with Gasteiger partial charge in [-0.3, -0.25) is 9.36 Å². The molecular weight excluding hydrogens is 532 g/mol. The maximum Gasteiger partial charge on any atom is 0.341 e. The summed E-state index contributed by atoms with van der Waals surface area (Å²) in [6, 6.07) is 15.5. The second-order valence-electron chi connectivity index (χ2n) is 8.56. The lowest BCUT2D eigenvalue weighted by Crippen LogP contribution is -2.17. The molecule has 0 bridgehead atoms. The summed E-state index contributed by atoms with van der Waals surface area (Å²) in [7, 11) is 0. The normalized spacial score (nSPS) is 10.7. The molecule has 0 aliphatic rings. The monoisotopic (exact) mass is 562 g/mol. The summed E-state index contributed by atoms with van der Waals surface area (Å²) in [4.78, 5) is 25.7. The van der Waals surface area contributed by atoms with E-state index in [1.54, 1.807) is 13.0 Å². The molecule has 0 aliphatic carbocycles. The van der Waals surface area contributed by atoms with Crippen molar-refractivity contribution in [2.75, 3.05) is 17.7 Å². The summed E-state index contributed by atoms with van der Waals surface area (Å²) >= 11 is 2.54. The number of nitrogens with zero attached hydrogens (tertiary/aromatic N) is 3. The summed E-state index contributed by atoms with van der Waals surface area (Å²) < 4.78 is 13.2. The zero-order valence-corrected chi connectivity index (χ0v) is 23.7. The Balaban J connectivity index is 1.46. The smallest absolute Gasteiger partial charge is 0.341 e. The van der Waals surface area contributed by atoms with Gasteiger partial charge in [0.05, 0.1) is 12.4 Å². The summed E-state index contributed by atoms with van der Waals surface area (Å²) in [6.07, 6.45) is 1.75. The molecule has 0 radical (unpaired) electrons. The van der Waals surface area contributed by atoms with Crippen LogP contribution in [0.15, 0.2) is 71.7 Å². The predicted octanol–water partition coefficient (Wildman–Crippen LogP) is 6.30. The van der Waals surface area contributed by atoms with Crippen molar-refractivity contribution >= 4 is 40.0 Å². The second kappa shape index (κ2) is 13.3. The van der Waals surface area contributed by atoms with Crippen LogP contribution in [0.25, 0.3) is 11.1 Å². The van der Waals surface area contributed by atoms with E-state index in [-0.39, 0.29) is 24.9 Å². The number of allylic oxidation sites excluding steroid dienone is 1. The van der Waals surface area contributed by atoms with Gasteiger partial charge in [0.15, 0.2) is 11.0 Å². The number of hydrogen-bond acceptors (Lipinski definition) is 8. The maximum atomic E-state index is 12.9. The number of hydrogen-bond donors (Lipinski definition) is 1. The molecule has 4 aromatic rings. The van der Waals surface area contributed by atoms with Crippen molar-refractivity contribution in [1.82, 2.24) is 14.8 Å². The molecular formula is C29H30N4O4S2. The van der Waals surface area contributed by atoms with Crippen molar-refractivity contribution in [3.8, 4) is 16.9 Å². The summed E-state index contributed by atoms with van der Waals surface area (Å²) in [6.45, 7) is 10.6. The Hall–Kier alpha value is -3.89. The number of amides is 1. The molecule has 0 saturated carbocycles. The van der Waals surface area contributed by atoms with Crippen LogP contribution in [0.2, 0.25) is 0 Å². The minimum Gasteiger partial charge on any atom is -0.485 e. The molecule has 1 amide bonds. The van der Waals surface area contributed by atoms with E-state index >= 15 is 0 Å². The van der Waals surface area contributed by atoms with E-state index in [0.717, 1.165) is 28.0 Å². The fraction of sp³-hybridized carbons (Fsp3) is 0.241. The average Bonchev–Trinajstić information content (AvgIpc) is 3.53. The van der Waals surface area contributed by atoms with Crippen LogP contribution in [0, 0.1) is 13.8 Å². The molecule has 2 aromatic heterocycles. The molecule has 10 heteroatoms. The van der Waals surface area contributed by atoms with Crippen LogP contribution < -0.4 is 10.1 Å². The number of aryl methyl sites for hydroxylation is 1. The standard InChI is InChI=1S/C29H30N4O4S2/c1-5-15-33-24(16-37-23-14-10-11-19(3)20(23)4)31-32-29(33)39-18-25(34)30-27-26(28(35)36-6-2)22(17-38-27)21-12-8-7-9-13-21/h5,7-14,17H,1,6,15-16,18H2,2-4H3,(H,30,34). The Kier molecular flexibility index (Phi) is 9.56. The molecule has 0 atom stereocenters. The Morgan fingerprint density at radius 1 is 1.13 bits per heavy atom. The minimum atomic E-state index is -0.472. The average molecular weight is 563 g/mol. The Bertz CT molecular complexity index is 1460. The molecule has 39 heavy (non-hydrogen) atoms. The van der Waals surface area contributed by atoms with Crippen molar-refractivity contribution in [2.45, 2.75) is 39.1 Å². The van der Waals surface area contributed by atoms with Gasteiger partial charge >= 0.3 is 5.97 Å². The first kappa shape index (κ1) is 28.1. The second-order valence-corrected chi connectivity index (χ2v) is 10.4. The number of esters is 1. The van der Waals surface area contributed by atoms with Crippen LogP contribution in [0.4, 0.5) is 5.00 Å². The first-order chi connectivity index (χ1) is 18.9. The van der Waals surface area contributed by atoms with Gasteiger partial charge in [-0.2, -0.15) is 0 Å². The van der Waals surface area contributed by atoms with E-state index < -0.39 is 5.97 Å². The van der Waals surface area contributed by atoms with Gasteiger partial charge in [0.1, 0.15) is 22.9 Å². The first-order valence-corrected chi connectivity index (χ1v) is 14.3. The van der Waals surface area contributed by atoms with E-state index in [2.05, 4.69) is 22.1 Å². The number of thiophene rings is 1. The van der Waals surface area contributed by atoms with E-state index in [9.17, 15) is 9.59 Å². The van der Waals surface area contributed by atoms with Crippen LogP contribution in [-0.2, 0) is 22.7 Å². The highest BCUT2D eigenvalue weighted by molar-refractivity contribution is 7.99. The van der Waals surface area contributed by atoms with Gasteiger partial charge in [-0.05, 0) is 43.5 Å². The highest BCUT2D eigenvalue weighted by atomic mass is 32.2. The number of thioether (sulfide) groups is 1. The maximum absolute atomic E-state index is 12.9. The van der Waals surface area contributed by atoms with Gasteiger partial charge in [-0.1, -0.05) is 60.3 Å². The topological polar surface area (TPSA) is 95.3 Å². The lowest BCUT2D eigenvalue weighted by molar-refractivity contribution is -0.113. The van der Waals surface area contributed by atoms with Gasteiger partial charge in [-0.25, -0.2) is 4.79 Å². The molecule has 4 rings (SSSR count). The molecule has 0 unspecified atom stereocenters. The molecule has 0 spiro atoms. The van der Waals surface area contributed by atoms with Gasteiger partial charge in [0.25, 0.3) is 0 Å². The molecule has 2 heterocycles. The zero-order chi connectivity index (χ0) is 27.8. The van der Waals surface area contributed by atoms with Gasteiger partial charge in [0, 0.05) is 17.5 Å². The summed E-state index contributed by atoms with van der Waals surface area (Å²) in [5.41, 5.74) is 4.17. The summed E-state index contributed by atoms with van der Waals surface area (Å²) in [5.74, 6) is 0.760. The molecule has 0 fully saturated rings. The first-order valence-electron chi connectivity index (χ1n) is 12.4. The van der Waals surface area contributed by atoms with E-state index in [1.165, 1.54) is 23.1 Å². The van der Waals surface area contributed by atoms with Crippen LogP contribution in [-0.4, -0.2) is 39.0 Å².